The highest BCUT2D eigenvalue weighted by Gasteiger charge is 2.22. The predicted octanol–water partition coefficient (Wildman–Crippen LogP) is 11.1. The summed E-state index contributed by atoms with van der Waals surface area (Å²) in [6.45, 7) is 3.65. The minimum absolute atomic E-state index is 0.205. The molecular formula is C37H71O8P. The Morgan fingerprint density at radius 1 is 0.543 bits per heavy atom. The van der Waals surface area contributed by atoms with Gasteiger partial charge in [-0.1, -0.05) is 154 Å². The van der Waals surface area contributed by atoms with Crippen LogP contribution in [-0.2, 0) is 28.2 Å². The van der Waals surface area contributed by atoms with E-state index in [-0.39, 0.29) is 19.4 Å². The molecule has 0 spiro atoms. The number of hydrogen-bond acceptors (Lipinski definition) is 6. The van der Waals surface area contributed by atoms with Crippen LogP contribution in [0.4, 0.5) is 0 Å². The van der Waals surface area contributed by atoms with E-state index in [1.54, 1.807) is 0 Å². The molecular weight excluding hydrogens is 603 g/mol. The van der Waals surface area contributed by atoms with Crippen LogP contribution in [0.25, 0.3) is 0 Å². The van der Waals surface area contributed by atoms with E-state index >= 15 is 0 Å². The zero-order valence-electron chi connectivity index (χ0n) is 29.7. The molecule has 0 heterocycles. The summed E-state index contributed by atoms with van der Waals surface area (Å²) in [6.07, 6.45) is 35.0. The highest BCUT2D eigenvalue weighted by atomic mass is 31.2. The smallest absolute Gasteiger partial charge is 0.462 e. The van der Waals surface area contributed by atoms with Gasteiger partial charge in [-0.15, -0.1) is 0 Å². The van der Waals surface area contributed by atoms with E-state index in [2.05, 4.69) is 30.5 Å². The summed E-state index contributed by atoms with van der Waals surface area (Å²) >= 11 is 0. The number of ether oxygens (including phenoxy) is 2. The van der Waals surface area contributed by atoms with Gasteiger partial charge in [0, 0.05) is 12.8 Å². The van der Waals surface area contributed by atoms with Gasteiger partial charge in [-0.05, 0) is 38.5 Å². The van der Waals surface area contributed by atoms with Gasteiger partial charge in [0.2, 0.25) is 0 Å². The fourth-order valence-electron chi connectivity index (χ4n) is 5.43. The standard InChI is InChI=1S/C37H71O8P/c1-3-5-7-9-11-13-15-17-18-19-20-22-23-25-27-29-31-36(38)43-33-35(34-44-46(40,41)42)45-37(39)32-30-28-26-24-21-16-14-12-10-8-6-4-2/h12,14,35H,3-11,13,15-34H2,1-2H3,(H2,40,41,42)/b14-12-/t35-/m1/s1. The van der Waals surface area contributed by atoms with Gasteiger partial charge < -0.3 is 19.3 Å². The Morgan fingerprint density at radius 2 is 0.913 bits per heavy atom. The van der Waals surface area contributed by atoms with E-state index in [4.69, 9.17) is 19.3 Å². The summed E-state index contributed by atoms with van der Waals surface area (Å²) in [6, 6.07) is 0. The molecule has 0 aliphatic rings. The van der Waals surface area contributed by atoms with Crippen LogP contribution >= 0.6 is 7.82 Å². The van der Waals surface area contributed by atoms with E-state index in [1.807, 2.05) is 0 Å². The summed E-state index contributed by atoms with van der Waals surface area (Å²) in [5.74, 6) is -0.887. The topological polar surface area (TPSA) is 119 Å². The Labute approximate surface area is 282 Å². The second-order valence-corrected chi connectivity index (χ2v) is 14.1. The number of carbonyl (C=O) groups excluding carboxylic acids is 2. The van der Waals surface area contributed by atoms with Crippen LogP contribution < -0.4 is 0 Å². The van der Waals surface area contributed by atoms with Gasteiger partial charge in [0.25, 0.3) is 0 Å². The average molecular weight is 675 g/mol. The Morgan fingerprint density at radius 3 is 1.37 bits per heavy atom. The zero-order chi connectivity index (χ0) is 34.0. The van der Waals surface area contributed by atoms with Crippen LogP contribution in [0.15, 0.2) is 12.2 Å². The molecule has 0 amide bonds. The molecule has 0 rings (SSSR count). The van der Waals surface area contributed by atoms with Crippen LogP contribution in [0.5, 0.6) is 0 Å². The summed E-state index contributed by atoms with van der Waals surface area (Å²) < 4.78 is 26.3. The van der Waals surface area contributed by atoms with Crippen LogP contribution in [0.2, 0.25) is 0 Å². The Hall–Kier alpha value is -1.21. The van der Waals surface area contributed by atoms with Gasteiger partial charge in [-0.2, -0.15) is 0 Å². The van der Waals surface area contributed by atoms with Crippen molar-refractivity contribution < 1.29 is 37.9 Å². The lowest BCUT2D eigenvalue weighted by molar-refractivity contribution is -0.161. The molecule has 0 fully saturated rings. The second-order valence-electron chi connectivity index (χ2n) is 12.9. The first-order valence-electron chi connectivity index (χ1n) is 19.0. The van der Waals surface area contributed by atoms with Crippen molar-refractivity contribution in [2.45, 2.75) is 200 Å². The van der Waals surface area contributed by atoms with Crippen LogP contribution in [0.3, 0.4) is 0 Å². The van der Waals surface area contributed by atoms with Gasteiger partial charge in [0.1, 0.15) is 6.61 Å². The molecule has 0 aromatic heterocycles. The van der Waals surface area contributed by atoms with Gasteiger partial charge in [0.05, 0.1) is 6.61 Å². The lowest BCUT2D eigenvalue weighted by atomic mass is 10.0. The number of unbranched alkanes of at least 4 members (excludes halogenated alkanes) is 23. The average Bonchev–Trinajstić information content (AvgIpc) is 3.02. The second kappa shape index (κ2) is 33.7. The largest absolute Gasteiger partial charge is 0.469 e. The monoisotopic (exact) mass is 674 g/mol. The molecule has 0 radical (unpaired) electrons. The fraction of sp³-hybridized carbons (Fsp3) is 0.892. The summed E-state index contributed by atoms with van der Waals surface area (Å²) in [5, 5.41) is 0. The first kappa shape index (κ1) is 44.8. The first-order chi connectivity index (χ1) is 22.3. The molecule has 9 heteroatoms. The highest BCUT2D eigenvalue weighted by molar-refractivity contribution is 7.46. The van der Waals surface area contributed by atoms with Crippen molar-refractivity contribution in [2.24, 2.45) is 0 Å². The lowest BCUT2D eigenvalue weighted by Crippen LogP contribution is -2.29. The van der Waals surface area contributed by atoms with Crippen LogP contribution in [0, 0.1) is 0 Å². The van der Waals surface area contributed by atoms with Crippen molar-refractivity contribution in [3.63, 3.8) is 0 Å². The molecule has 272 valence electrons. The van der Waals surface area contributed by atoms with Crippen LogP contribution in [-0.4, -0.2) is 41.0 Å². The third-order valence-electron chi connectivity index (χ3n) is 8.28. The number of phosphoric acid groups is 1. The molecule has 0 aliphatic carbocycles. The Bertz CT molecular complexity index is 766. The van der Waals surface area contributed by atoms with Gasteiger partial charge >= 0.3 is 19.8 Å². The highest BCUT2D eigenvalue weighted by Crippen LogP contribution is 2.36. The van der Waals surface area contributed by atoms with Crippen molar-refractivity contribution >= 4 is 19.8 Å². The summed E-state index contributed by atoms with van der Waals surface area (Å²) in [7, 11) is -4.74. The van der Waals surface area contributed by atoms with E-state index < -0.39 is 32.5 Å². The third-order valence-corrected chi connectivity index (χ3v) is 8.77. The Kier molecular flexibility index (Phi) is 32.8. The minimum atomic E-state index is -4.74. The predicted molar refractivity (Wildman–Crippen MR) is 189 cm³/mol. The van der Waals surface area contributed by atoms with E-state index in [0.717, 1.165) is 57.8 Å². The number of carbonyl (C=O) groups is 2. The first-order valence-corrected chi connectivity index (χ1v) is 20.5. The van der Waals surface area contributed by atoms with E-state index in [9.17, 15) is 14.2 Å². The molecule has 0 unspecified atom stereocenters. The number of phosphoric ester groups is 1. The maximum atomic E-state index is 12.3. The molecule has 0 aromatic rings. The van der Waals surface area contributed by atoms with Gasteiger partial charge in [-0.3, -0.25) is 14.1 Å². The number of allylic oxidation sites excluding steroid dienone is 2. The molecule has 0 saturated carbocycles. The molecule has 0 saturated heterocycles. The zero-order valence-corrected chi connectivity index (χ0v) is 30.6. The quantitative estimate of drug-likeness (QED) is 0.0295. The van der Waals surface area contributed by atoms with Crippen molar-refractivity contribution in [3.8, 4) is 0 Å². The number of rotatable bonds is 35. The SMILES string of the molecule is CCCCC/C=C\CCCCCCCC(=O)O[C@H](COC(=O)CCCCCCCCCCCCCCCCCC)COP(=O)(O)O. The fourth-order valence-corrected chi connectivity index (χ4v) is 5.79. The van der Waals surface area contributed by atoms with Crippen molar-refractivity contribution in [2.75, 3.05) is 13.2 Å². The van der Waals surface area contributed by atoms with Crippen molar-refractivity contribution in [1.82, 2.24) is 0 Å². The molecule has 46 heavy (non-hydrogen) atoms. The van der Waals surface area contributed by atoms with E-state index in [1.165, 1.54) is 103 Å². The van der Waals surface area contributed by atoms with Crippen LogP contribution in [0.1, 0.15) is 194 Å². The molecule has 2 N–H and O–H groups in total. The summed E-state index contributed by atoms with van der Waals surface area (Å²) in [5.41, 5.74) is 0. The molecule has 8 nitrogen and oxygen atoms in total. The maximum absolute atomic E-state index is 12.3. The third kappa shape index (κ3) is 35.6. The lowest BCUT2D eigenvalue weighted by Gasteiger charge is -2.18. The normalized spacial score (nSPS) is 12.5. The Balaban J connectivity index is 3.92. The summed E-state index contributed by atoms with van der Waals surface area (Å²) in [4.78, 5) is 42.6. The molecule has 0 bridgehead atoms. The number of esters is 2. The molecule has 0 aromatic carbocycles. The van der Waals surface area contributed by atoms with Gasteiger partial charge in [0.15, 0.2) is 6.10 Å². The van der Waals surface area contributed by atoms with E-state index in [0.29, 0.717) is 6.42 Å². The number of hydrogen-bond donors (Lipinski definition) is 2. The molecule has 1 atom stereocenters. The van der Waals surface area contributed by atoms with Crippen molar-refractivity contribution in [1.29, 1.82) is 0 Å². The van der Waals surface area contributed by atoms with Gasteiger partial charge in [-0.25, -0.2) is 4.57 Å². The minimum Gasteiger partial charge on any atom is -0.462 e. The molecule has 0 aliphatic heterocycles. The maximum Gasteiger partial charge on any atom is 0.469 e. The van der Waals surface area contributed by atoms with Crippen molar-refractivity contribution in [3.05, 3.63) is 12.2 Å².